The Balaban J connectivity index is 2.24. The van der Waals surface area contributed by atoms with Crippen LogP contribution in [0.4, 0.5) is 0 Å². The van der Waals surface area contributed by atoms with E-state index in [1.165, 1.54) is 11.6 Å². The molecule has 0 aliphatic rings. The zero-order valence-electron chi connectivity index (χ0n) is 13.3. The Morgan fingerprint density at radius 3 is 2.71 bits per heavy atom. The van der Waals surface area contributed by atoms with Crippen LogP contribution in [0.3, 0.4) is 0 Å². The molecular weight excluding hydrogens is 312 g/mol. The Morgan fingerprint density at radius 2 is 1.96 bits per heavy atom. The van der Waals surface area contributed by atoms with Crippen molar-refractivity contribution in [2.45, 2.75) is 13.5 Å². The summed E-state index contributed by atoms with van der Waals surface area (Å²) in [4.78, 5) is 42.7. The van der Waals surface area contributed by atoms with Crippen molar-refractivity contribution in [1.82, 2.24) is 19.1 Å². The Hall–Kier alpha value is -3.16. The van der Waals surface area contributed by atoms with Crippen molar-refractivity contribution in [3.05, 3.63) is 67.2 Å². The average Bonchev–Trinajstić information content (AvgIpc) is 2.57. The lowest BCUT2D eigenvalue weighted by atomic mass is 10.2. The topological polar surface area (TPSA) is 99.0 Å². The Morgan fingerprint density at radius 1 is 1.21 bits per heavy atom. The molecule has 0 amide bonds. The van der Waals surface area contributed by atoms with Crippen molar-refractivity contribution in [1.29, 1.82) is 0 Å². The second kappa shape index (κ2) is 6.15. The number of nitrogens with zero attached hydrogens (tertiary/aromatic N) is 3. The molecule has 1 aromatic carbocycles. The van der Waals surface area contributed by atoms with Gasteiger partial charge < -0.3 is 4.74 Å². The van der Waals surface area contributed by atoms with E-state index in [-0.39, 0.29) is 17.7 Å². The van der Waals surface area contributed by atoms with Gasteiger partial charge in [0.2, 0.25) is 0 Å². The first-order valence-corrected chi connectivity index (χ1v) is 7.42. The van der Waals surface area contributed by atoms with Gasteiger partial charge in [-0.15, -0.1) is 0 Å². The SMILES string of the molecule is CCOc1ccccc1Cn1c(=O)cnc2c(=O)n(C)c(=O)[nH]c21. The number of ether oxygens (including phenoxy) is 1. The number of aromatic nitrogens is 4. The summed E-state index contributed by atoms with van der Waals surface area (Å²) in [7, 11) is 1.35. The molecule has 8 heteroatoms. The Kier molecular flexibility index (Phi) is 4.03. The molecule has 0 bridgehead atoms. The first-order valence-electron chi connectivity index (χ1n) is 7.42. The molecule has 1 N–H and O–H groups in total. The molecule has 3 rings (SSSR count). The van der Waals surface area contributed by atoms with Crippen LogP contribution < -0.4 is 21.5 Å². The number of para-hydroxylation sites is 1. The molecule has 0 fully saturated rings. The van der Waals surface area contributed by atoms with Crippen molar-refractivity contribution in [2.24, 2.45) is 7.05 Å². The van der Waals surface area contributed by atoms with Crippen molar-refractivity contribution >= 4 is 11.2 Å². The molecule has 124 valence electrons. The average molecular weight is 328 g/mol. The standard InChI is InChI=1S/C16H16N4O4/c1-3-24-11-7-5-4-6-10(11)9-20-12(21)8-17-13-14(20)18-16(23)19(2)15(13)22/h4-8H,3,9H2,1-2H3,(H,18,23). The molecular formula is C16H16N4O4. The van der Waals surface area contributed by atoms with Crippen LogP contribution in [0.5, 0.6) is 5.75 Å². The molecule has 3 aromatic rings. The van der Waals surface area contributed by atoms with Gasteiger partial charge in [-0.3, -0.25) is 23.7 Å². The van der Waals surface area contributed by atoms with E-state index in [2.05, 4.69) is 9.97 Å². The van der Waals surface area contributed by atoms with E-state index in [9.17, 15) is 14.4 Å². The van der Waals surface area contributed by atoms with Crippen LogP contribution in [0.25, 0.3) is 11.2 Å². The van der Waals surface area contributed by atoms with Crippen LogP contribution in [-0.4, -0.2) is 25.7 Å². The van der Waals surface area contributed by atoms with Crippen LogP contribution in [-0.2, 0) is 13.6 Å². The van der Waals surface area contributed by atoms with Crippen molar-refractivity contribution in [3.63, 3.8) is 0 Å². The van der Waals surface area contributed by atoms with Gasteiger partial charge in [-0.05, 0) is 13.0 Å². The van der Waals surface area contributed by atoms with Crippen LogP contribution in [0, 0.1) is 0 Å². The fourth-order valence-corrected chi connectivity index (χ4v) is 2.47. The molecule has 0 aliphatic carbocycles. The Labute approximate surface area is 136 Å². The van der Waals surface area contributed by atoms with Crippen molar-refractivity contribution in [3.8, 4) is 5.75 Å². The van der Waals surface area contributed by atoms with Crippen molar-refractivity contribution in [2.75, 3.05) is 6.61 Å². The van der Waals surface area contributed by atoms with E-state index in [0.29, 0.717) is 12.4 Å². The van der Waals surface area contributed by atoms with E-state index in [0.717, 1.165) is 16.3 Å². The molecule has 2 heterocycles. The van der Waals surface area contributed by atoms with Crippen LogP contribution >= 0.6 is 0 Å². The van der Waals surface area contributed by atoms with Gasteiger partial charge in [-0.2, -0.15) is 0 Å². The zero-order valence-corrected chi connectivity index (χ0v) is 13.3. The maximum Gasteiger partial charge on any atom is 0.329 e. The van der Waals surface area contributed by atoms with E-state index >= 15 is 0 Å². The van der Waals surface area contributed by atoms with Gasteiger partial charge in [-0.25, -0.2) is 9.78 Å². The highest BCUT2D eigenvalue weighted by atomic mass is 16.5. The van der Waals surface area contributed by atoms with Gasteiger partial charge in [-0.1, -0.05) is 18.2 Å². The molecule has 2 aromatic heterocycles. The van der Waals surface area contributed by atoms with E-state index < -0.39 is 16.8 Å². The molecule has 0 aliphatic heterocycles. The summed E-state index contributed by atoms with van der Waals surface area (Å²) < 4.78 is 7.78. The summed E-state index contributed by atoms with van der Waals surface area (Å²) in [6.07, 6.45) is 1.07. The summed E-state index contributed by atoms with van der Waals surface area (Å²) in [5, 5.41) is 0. The number of H-pyrrole nitrogens is 1. The molecule has 0 spiro atoms. The van der Waals surface area contributed by atoms with Gasteiger partial charge in [0.15, 0.2) is 5.52 Å². The first kappa shape index (κ1) is 15.7. The highest BCUT2D eigenvalue weighted by Gasteiger charge is 2.13. The molecule has 0 radical (unpaired) electrons. The predicted molar refractivity (Wildman–Crippen MR) is 88.6 cm³/mol. The normalized spacial score (nSPS) is 10.9. The van der Waals surface area contributed by atoms with Gasteiger partial charge in [0.05, 0.1) is 19.3 Å². The number of rotatable bonds is 4. The van der Waals surface area contributed by atoms with Gasteiger partial charge in [0.1, 0.15) is 11.4 Å². The molecule has 8 nitrogen and oxygen atoms in total. The number of nitrogens with one attached hydrogen (secondary N) is 1. The minimum atomic E-state index is -0.605. The largest absolute Gasteiger partial charge is 0.494 e. The van der Waals surface area contributed by atoms with Crippen LogP contribution in [0.15, 0.2) is 44.8 Å². The third-order valence-corrected chi connectivity index (χ3v) is 3.70. The highest BCUT2D eigenvalue weighted by molar-refractivity contribution is 5.68. The maximum atomic E-state index is 12.2. The molecule has 0 saturated carbocycles. The lowest BCUT2D eigenvalue weighted by Crippen LogP contribution is -2.36. The zero-order chi connectivity index (χ0) is 17.3. The summed E-state index contributed by atoms with van der Waals surface area (Å²) in [5.41, 5.74) is -0.687. The third-order valence-electron chi connectivity index (χ3n) is 3.70. The van der Waals surface area contributed by atoms with Crippen molar-refractivity contribution < 1.29 is 4.74 Å². The number of hydrogen-bond acceptors (Lipinski definition) is 5. The second-order valence-electron chi connectivity index (χ2n) is 5.21. The summed E-state index contributed by atoms with van der Waals surface area (Å²) in [6, 6.07) is 7.28. The minimum Gasteiger partial charge on any atom is -0.494 e. The molecule has 0 atom stereocenters. The van der Waals surface area contributed by atoms with Gasteiger partial charge >= 0.3 is 5.69 Å². The fourth-order valence-electron chi connectivity index (χ4n) is 2.47. The predicted octanol–water partition coefficient (Wildman–Crippen LogP) is 0.230. The van der Waals surface area contributed by atoms with E-state index in [1.54, 1.807) is 6.07 Å². The van der Waals surface area contributed by atoms with E-state index in [1.807, 2.05) is 25.1 Å². The number of fused-ring (bicyclic) bond motifs is 1. The van der Waals surface area contributed by atoms with Gasteiger partial charge in [0.25, 0.3) is 11.1 Å². The monoisotopic (exact) mass is 328 g/mol. The highest BCUT2D eigenvalue weighted by Crippen LogP contribution is 2.19. The number of benzene rings is 1. The molecule has 0 saturated heterocycles. The quantitative estimate of drug-likeness (QED) is 0.739. The summed E-state index contributed by atoms with van der Waals surface area (Å²) in [6.45, 7) is 2.50. The fraction of sp³-hybridized carbons (Fsp3) is 0.250. The maximum absolute atomic E-state index is 12.2. The smallest absolute Gasteiger partial charge is 0.329 e. The van der Waals surface area contributed by atoms with Crippen LogP contribution in [0.1, 0.15) is 12.5 Å². The lowest BCUT2D eigenvalue weighted by molar-refractivity contribution is 0.336. The Bertz CT molecular complexity index is 1080. The second-order valence-corrected chi connectivity index (χ2v) is 5.21. The van der Waals surface area contributed by atoms with Crippen LogP contribution in [0.2, 0.25) is 0 Å². The molecule has 0 unspecified atom stereocenters. The minimum absolute atomic E-state index is 0.0330. The number of hydrogen-bond donors (Lipinski definition) is 1. The van der Waals surface area contributed by atoms with E-state index in [4.69, 9.17) is 4.74 Å². The summed E-state index contributed by atoms with van der Waals surface area (Å²) >= 11 is 0. The number of aromatic amines is 1. The first-order chi connectivity index (χ1) is 11.5. The van der Waals surface area contributed by atoms with Gasteiger partial charge in [0, 0.05) is 12.6 Å². The lowest BCUT2D eigenvalue weighted by Gasteiger charge is -2.13. The third kappa shape index (κ3) is 2.62. The summed E-state index contributed by atoms with van der Waals surface area (Å²) in [5.74, 6) is 0.642. The molecule has 24 heavy (non-hydrogen) atoms.